The summed E-state index contributed by atoms with van der Waals surface area (Å²) in [5.41, 5.74) is 7.75. The molecule has 5 rings (SSSR count). The van der Waals surface area contributed by atoms with E-state index in [9.17, 15) is 4.79 Å². The number of hydrogen-bond acceptors (Lipinski definition) is 5. The van der Waals surface area contributed by atoms with Gasteiger partial charge in [-0.2, -0.15) is 5.10 Å². The van der Waals surface area contributed by atoms with E-state index in [0.717, 1.165) is 35.2 Å². The monoisotopic (exact) mass is 454 g/mol. The van der Waals surface area contributed by atoms with E-state index in [0.29, 0.717) is 37.2 Å². The van der Waals surface area contributed by atoms with Crippen LogP contribution in [0.4, 0.5) is 5.82 Å². The van der Waals surface area contributed by atoms with Crippen LogP contribution in [0.25, 0.3) is 22.2 Å². The number of rotatable bonds is 7. The number of hydrogen-bond donors (Lipinski definition) is 1. The molecule has 0 radical (unpaired) electrons. The largest absolute Gasteiger partial charge is 0.384 e. The molecule has 0 atom stereocenters. The number of benzene rings is 2. The Morgan fingerprint density at radius 1 is 1.12 bits per heavy atom. The maximum Gasteiger partial charge on any atom is 0.227 e. The average Bonchev–Trinajstić information content (AvgIpc) is 3.50. The standard InChI is InChI=1S/C27H30N6O/c1-19-30-27(22-13-14-29-25(28)17-22)31-33(19)16-15-32(23-10-3-4-11-23)26(34)18-21-9-6-8-20-7-2-5-12-24(20)21/h2,5-9,12-14,17,23H,3-4,10-11,15-16,18H2,1H3,(H2,28,29). The summed E-state index contributed by atoms with van der Waals surface area (Å²) < 4.78 is 1.89. The topological polar surface area (TPSA) is 89.9 Å². The van der Waals surface area contributed by atoms with Gasteiger partial charge in [0.05, 0.1) is 13.0 Å². The fraction of sp³-hybridized carbons (Fsp3) is 0.333. The summed E-state index contributed by atoms with van der Waals surface area (Å²) >= 11 is 0. The second-order valence-electron chi connectivity index (χ2n) is 9.02. The second-order valence-corrected chi connectivity index (χ2v) is 9.02. The molecule has 0 aliphatic heterocycles. The number of carbonyl (C=O) groups is 1. The van der Waals surface area contributed by atoms with Gasteiger partial charge in [0.2, 0.25) is 5.91 Å². The van der Waals surface area contributed by atoms with E-state index < -0.39 is 0 Å². The van der Waals surface area contributed by atoms with Gasteiger partial charge in [0, 0.05) is 24.3 Å². The number of fused-ring (bicyclic) bond motifs is 1. The van der Waals surface area contributed by atoms with Gasteiger partial charge in [0.25, 0.3) is 0 Å². The lowest BCUT2D eigenvalue weighted by Crippen LogP contribution is -2.42. The molecule has 1 fully saturated rings. The van der Waals surface area contributed by atoms with Crippen molar-refractivity contribution < 1.29 is 4.79 Å². The van der Waals surface area contributed by atoms with E-state index in [2.05, 4.69) is 44.2 Å². The molecular formula is C27H30N6O. The lowest BCUT2D eigenvalue weighted by Gasteiger charge is -2.29. The number of anilines is 1. The van der Waals surface area contributed by atoms with Crippen LogP contribution in [0, 0.1) is 6.92 Å². The summed E-state index contributed by atoms with van der Waals surface area (Å²) in [5, 5.41) is 7.01. The summed E-state index contributed by atoms with van der Waals surface area (Å²) in [6, 6.07) is 18.4. The van der Waals surface area contributed by atoms with Crippen LogP contribution in [0.2, 0.25) is 0 Å². The van der Waals surface area contributed by atoms with Crippen molar-refractivity contribution in [3.05, 3.63) is 72.2 Å². The number of amides is 1. The fourth-order valence-corrected chi connectivity index (χ4v) is 4.98. The molecule has 4 aromatic rings. The maximum absolute atomic E-state index is 13.6. The Labute approximate surface area is 199 Å². The summed E-state index contributed by atoms with van der Waals surface area (Å²) in [4.78, 5) is 24.3. The zero-order chi connectivity index (χ0) is 23.5. The number of pyridine rings is 1. The molecule has 1 amide bonds. The normalized spacial score (nSPS) is 14.0. The first-order valence-electron chi connectivity index (χ1n) is 12.0. The minimum absolute atomic E-state index is 0.183. The Morgan fingerprint density at radius 2 is 1.91 bits per heavy atom. The maximum atomic E-state index is 13.6. The van der Waals surface area contributed by atoms with Gasteiger partial charge in [0.15, 0.2) is 5.82 Å². The Morgan fingerprint density at radius 3 is 2.74 bits per heavy atom. The first-order valence-corrected chi connectivity index (χ1v) is 12.0. The van der Waals surface area contributed by atoms with Crippen LogP contribution >= 0.6 is 0 Å². The molecule has 0 bridgehead atoms. The van der Waals surface area contributed by atoms with Crippen molar-refractivity contribution in [3.63, 3.8) is 0 Å². The van der Waals surface area contributed by atoms with Gasteiger partial charge in [-0.25, -0.2) is 14.6 Å². The number of nitrogens with zero attached hydrogens (tertiary/aromatic N) is 5. The third kappa shape index (κ3) is 4.64. The molecule has 1 saturated carbocycles. The zero-order valence-electron chi connectivity index (χ0n) is 19.5. The van der Waals surface area contributed by atoms with Crippen LogP contribution < -0.4 is 5.73 Å². The van der Waals surface area contributed by atoms with Gasteiger partial charge in [-0.1, -0.05) is 55.3 Å². The summed E-state index contributed by atoms with van der Waals surface area (Å²) in [6.45, 7) is 3.17. The Hall–Kier alpha value is -3.74. The number of aryl methyl sites for hydroxylation is 1. The lowest BCUT2D eigenvalue weighted by molar-refractivity contribution is -0.132. The van der Waals surface area contributed by atoms with Crippen molar-refractivity contribution in [1.82, 2.24) is 24.6 Å². The van der Waals surface area contributed by atoms with E-state index in [4.69, 9.17) is 5.73 Å². The molecule has 2 aromatic heterocycles. The highest BCUT2D eigenvalue weighted by atomic mass is 16.2. The number of nitrogen functional groups attached to an aromatic ring is 1. The first kappa shape index (κ1) is 22.1. The molecule has 7 nitrogen and oxygen atoms in total. The van der Waals surface area contributed by atoms with E-state index >= 15 is 0 Å². The van der Waals surface area contributed by atoms with Crippen molar-refractivity contribution in [2.45, 2.75) is 51.6 Å². The number of carbonyl (C=O) groups excluding carboxylic acids is 1. The van der Waals surface area contributed by atoms with Crippen LogP contribution in [0.3, 0.4) is 0 Å². The Kier molecular flexibility index (Phi) is 6.25. The molecule has 2 N–H and O–H groups in total. The molecular weight excluding hydrogens is 424 g/mol. The van der Waals surface area contributed by atoms with Crippen molar-refractivity contribution >= 4 is 22.5 Å². The molecule has 0 saturated heterocycles. The third-order valence-electron chi connectivity index (χ3n) is 6.76. The van der Waals surface area contributed by atoms with Crippen LogP contribution in [0.1, 0.15) is 37.1 Å². The van der Waals surface area contributed by atoms with Gasteiger partial charge >= 0.3 is 0 Å². The van der Waals surface area contributed by atoms with Crippen LogP contribution in [0.5, 0.6) is 0 Å². The smallest absolute Gasteiger partial charge is 0.227 e. The minimum Gasteiger partial charge on any atom is -0.384 e. The zero-order valence-corrected chi connectivity index (χ0v) is 19.5. The summed E-state index contributed by atoms with van der Waals surface area (Å²) in [5.74, 6) is 2.07. The van der Waals surface area contributed by atoms with Gasteiger partial charge in [-0.05, 0) is 48.2 Å². The van der Waals surface area contributed by atoms with Crippen molar-refractivity contribution in [3.8, 4) is 11.4 Å². The van der Waals surface area contributed by atoms with E-state index in [1.807, 2.05) is 35.9 Å². The lowest BCUT2D eigenvalue weighted by atomic mass is 10.0. The number of aromatic nitrogens is 4. The molecule has 1 aliphatic carbocycles. The van der Waals surface area contributed by atoms with E-state index in [1.165, 1.54) is 18.2 Å². The summed E-state index contributed by atoms with van der Waals surface area (Å²) in [7, 11) is 0. The quantitative estimate of drug-likeness (QED) is 0.447. The highest BCUT2D eigenvalue weighted by Gasteiger charge is 2.27. The predicted molar refractivity (Wildman–Crippen MR) is 134 cm³/mol. The van der Waals surface area contributed by atoms with Gasteiger partial charge in [0.1, 0.15) is 11.6 Å². The van der Waals surface area contributed by atoms with Crippen molar-refractivity contribution in [1.29, 1.82) is 0 Å². The molecule has 0 unspecified atom stereocenters. The highest BCUT2D eigenvalue weighted by Crippen LogP contribution is 2.26. The molecule has 34 heavy (non-hydrogen) atoms. The predicted octanol–water partition coefficient (Wildman–Crippen LogP) is 4.40. The molecule has 1 aliphatic rings. The SMILES string of the molecule is Cc1nc(-c2ccnc(N)c2)nn1CCN(C(=O)Cc1cccc2ccccc12)C1CCCC1. The van der Waals surface area contributed by atoms with Crippen LogP contribution in [-0.4, -0.2) is 43.1 Å². The Balaban J connectivity index is 1.34. The van der Waals surface area contributed by atoms with Crippen molar-refractivity contribution in [2.24, 2.45) is 0 Å². The van der Waals surface area contributed by atoms with Gasteiger partial charge in [-0.3, -0.25) is 4.79 Å². The Bertz CT molecular complexity index is 1300. The molecule has 0 spiro atoms. The summed E-state index contributed by atoms with van der Waals surface area (Å²) in [6.07, 6.45) is 6.57. The average molecular weight is 455 g/mol. The molecule has 2 heterocycles. The third-order valence-corrected chi connectivity index (χ3v) is 6.76. The second kappa shape index (κ2) is 9.63. The number of nitrogens with two attached hydrogens (primary N) is 1. The molecule has 174 valence electrons. The van der Waals surface area contributed by atoms with Crippen LogP contribution in [-0.2, 0) is 17.8 Å². The van der Waals surface area contributed by atoms with Crippen molar-refractivity contribution in [2.75, 3.05) is 12.3 Å². The van der Waals surface area contributed by atoms with E-state index in [-0.39, 0.29) is 5.91 Å². The first-order chi connectivity index (χ1) is 16.6. The fourth-order valence-electron chi connectivity index (χ4n) is 4.98. The molecule has 7 heteroatoms. The highest BCUT2D eigenvalue weighted by molar-refractivity contribution is 5.90. The minimum atomic E-state index is 0.183. The molecule has 2 aromatic carbocycles. The van der Waals surface area contributed by atoms with Gasteiger partial charge < -0.3 is 10.6 Å². The van der Waals surface area contributed by atoms with Gasteiger partial charge in [-0.15, -0.1) is 0 Å². The van der Waals surface area contributed by atoms with Crippen LogP contribution in [0.15, 0.2) is 60.8 Å². The van der Waals surface area contributed by atoms with E-state index in [1.54, 1.807) is 12.3 Å².